The number of fused-ring (bicyclic) bond motifs is 1. The van der Waals surface area contributed by atoms with Crippen molar-refractivity contribution in [2.24, 2.45) is 9.98 Å². The van der Waals surface area contributed by atoms with Crippen LogP contribution in [0.25, 0.3) is 0 Å². The maximum atomic E-state index is 12.2. The second-order valence-electron chi connectivity index (χ2n) is 4.60. The van der Waals surface area contributed by atoms with Crippen molar-refractivity contribution in [2.75, 3.05) is 13.8 Å². The summed E-state index contributed by atoms with van der Waals surface area (Å²) in [5.74, 6) is 0.764. The first-order valence-corrected chi connectivity index (χ1v) is 6.66. The molecule has 0 bridgehead atoms. The molecule has 0 radical (unpaired) electrons. The quantitative estimate of drug-likeness (QED) is 0.898. The van der Waals surface area contributed by atoms with Gasteiger partial charge < -0.3 is 14.8 Å². The number of carbonyl (C=O) groups excluding carboxylic acids is 1. The van der Waals surface area contributed by atoms with E-state index in [0.717, 1.165) is 5.56 Å². The molecule has 2 aliphatic heterocycles. The van der Waals surface area contributed by atoms with Gasteiger partial charge in [0, 0.05) is 25.0 Å². The van der Waals surface area contributed by atoms with Gasteiger partial charge in [-0.2, -0.15) is 0 Å². The third-order valence-corrected chi connectivity index (χ3v) is 3.11. The molecule has 0 fully saturated rings. The second-order valence-corrected chi connectivity index (χ2v) is 4.60. The summed E-state index contributed by atoms with van der Waals surface area (Å²) >= 11 is 0. The van der Waals surface area contributed by atoms with E-state index in [0.29, 0.717) is 36.1 Å². The molecule has 22 heavy (non-hydrogen) atoms. The molecule has 3 heterocycles. The first-order valence-electron chi connectivity index (χ1n) is 6.66. The number of aromatic nitrogens is 1. The SMILES string of the molecule is COc1cc(CNC(=O)C2=COC3=NCN=CC3=C2)ccn1. The van der Waals surface area contributed by atoms with Gasteiger partial charge in [-0.25, -0.2) is 9.98 Å². The van der Waals surface area contributed by atoms with Crippen LogP contribution in [0.5, 0.6) is 5.88 Å². The first-order chi connectivity index (χ1) is 10.8. The summed E-state index contributed by atoms with van der Waals surface area (Å²) in [6.07, 6.45) is 6.38. The van der Waals surface area contributed by atoms with Crippen LogP contribution < -0.4 is 10.1 Å². The van der Waals surface area contributed by atoms with Crippen LogP contribution in [0.15, 0.2) is 51.8 Å². The number of ether oxygens (including phenoxy) is 2. The minimum Gasteiger partial charge on any atom is -0.481 e. The van der Waals surface area contributed by atoms with Crippen LogP contribution in [-0.4, -0.2) is 36.8 Å². The molecule has 112 valence electrons. The standard InChI is InChI=1S/C15H14N4O3/c1-21-13-4-10(2-3-17-13)6-18-14(20)12-5-11-7-16-9-19-15(11)22-8-12/h2-5,7-8H,6,9H2,1H3,(H,18,20). The van der Waals surface area contributed by atoms with Crippen molar-refractivity contribution in [3.8, 4) is 5.88 Å². The minimum atomic E-state index is -0.235. The monoisotopic (exact) mass is 298 g/mol. The van der Waals surface area contributed by atoms with Gasteiger partial charge in [0.15, 0.2) is 0 Å². The summed E-state index contributed by atoms with van der Waals surface area (Å²) in [5, 5.41) is 2.82. The van der Waals surface area contributed by atoms with Crippen LogP contribution in [0.1, 0.15) is 5.56 Å². The summed E-state index contributed by atoms with van der Waals surface area (Å²) in [6.45, 7) is 0.721. The Kier molecular flexibility index (Phi) is 3.95. The maximum Gasteiger partial charge on any atom is 0.254 e. The topological polar surface area (TPSA) is 85.2 Å². The van der Waals surface area contributed by atoms with Crippen molar-refractivity contribution < 1.29 is 14.3 Å². The highest BCUT2D eigenvalue weighted by Gasteiger charge is 2.18. The van der Waals surface area contributed by atoms with Gasteiger partial charge in [-0.15, -0.1) is 0 Å². The maximum absolute atomic E-state index is 12.2. The Morgan fingerprint density at radius 2 is 2.41 bits per heavy atom. The molecule has 0 aliphatic carbocycles. The second kappa shape index (κ2) is 6.21. The van der Waals surface area contributed by atoms with Gasteiger partial charge in [0.2, 0.25) is 11.8 Å². The molecule has 0 saturated carbocycles. The third-order valence-electron chi connectivity index (χ3n) is 3.11. The number of aliphatic imine (C=N–C) groups is 2. The van der Waals surface area contributed by atoms with E-state index in [2.05, 4.69) is 20.3 Å². The lowest BCUT2D eigenvalue weighted by atomic mass is 10.1. The van der Waals surface area contributed by atoms with Gasteiger partial charge in [0.05, 0.1) is 18.3 Å². The van der Waals surface area contributed by atoms with E-state index in [-0.39, 0.29) is 5.91 Å². The number of hydrogen-bond donors (Lipinski definition) is 1. The molecule has 1 N–H and O–H groups in total. The highest BCUT2D eigenvalue weighted by molar-refractivity contribution is 6.16. The Labute approximate surface area is 127 Å². The molecular formula is C15H14N4O3. The summed E-state index contributed by atoms with van der Waals surface area (Å²) in [7, 11) is 1.55. The Bertz CT molecular complexity index is 719. The lowest BCUT2D eigenvalue weighted by Crippen LogP contribution is -2.26. The van der Waals surface area contributed by atoms with E-state index in [1.165, 1.54) is 6.26 Å². The van der Waals surface area contributed by atoms with E-state index >= 15 is 0 Å². The fourth-order valence-electron chi connectivity index (χ4n) is 1.99. The predicted octanol–water partition coefficient (Wildman–Crippen LogP) is 0.987. The Morgan fingerprint density at radius 1 is 1.50 bits per heavy atom. The molecule has 3 rings (SSSR count). The van der Waals surface area contributed by atoms with Crippen LogP contribution in [-0.2, 0) is 16.1 Å². The lowest BCUT2D eigenvalue weighted by Gasteiger charge is -2.15. The van der Waals surface area contributed by atoms with Crippen LogP contribution in [0.4, 0.5) is 0 Å². The number of amides is 1. The van der Waals surface area contributed by atoms with E-state index in [1.54, 1.807) is 31.7 Å². The molecule has 0 unspecified atom stereocenters. The zero-order valence-corrected chi connectivity index (χ0v) is 11.9. The fraction of sp³-hybridized carbons (Fsp3) is 0.200. The van der Waals surface area contributed by atoms with Crippen LogP contribution in [0, 0.1) is 0 Å². The molecule has 1 aromatic heterocycles. The predicted molar refractivity (Wildman–Crippen MR) is 80.7 cm³/mol. The van der Waals surface area contributed by atoms with Crippen molar-refractivity contribution in [3.63, 3.8) is 0 Å². The van der Waals surface area contributed by atoms with Crippen LogP contribution in [0.3, 0.4) is 0 Å². The molecule has 2 aliphatic rings. The molecule has 7 heteroatoms. The molecule has 0 atom stereocenters. The molecule has 0 spiro atoms. The van der Waals surface area contributed by atoms with Crippen LogP contribution >= 0.6 is 0 Å². The van der Waals surface area contributed by atoms with E-state index in [4.69, 9.17) is 9.47 Å². The van der Waals surface area contributed by atoms with Crippen molar-refractivity contribution in [1.82, 2.24) is 10.3 Å². The number of rotatable bonds is 4. The normalized spacial score (nSPS) is 15.8. The molecule has 0 saturated heterocycles. The van der Waals surface area contributed by atoms with Gasteiger partial charge in [0.25, 0.3) is 5.91 Å². The number of carbonyl (C=O) groups is 1. The summed E-state index contributed by atoms with van der Waals surface area (Å²) in [4.78, 5) is 24.3. The Hall–Kier alpha value is -2.96. The van der Waals surface area contributed by atoms with Gasteiger partial charge in [0.1, 0.15) is 12.9 Å². The van der Waals surface area contributed by atoms with Crippen molar-refractivity contribution in [1.29, 1.82) is 0 Å². The zero-order chi connectivity index (χ0) is 15.4. The van der Waals surface area contributed by atoms with Crippen molar-refractivity contribution in [3.05, 3.63) is 47.4 Å². The average molecular weight is 298 g/mol. The van der Waals surface area contributed by atoms with Gasteiger partial charge >= 0.3 is 0 Å². The first kappa shape index (κ1) is 14.0. The molecule has 1 amide bonds. The van der Waals surface area contributed by atoms with Gasteiger partial charge in [-0.1, -0.05) is 0 Å². The molecular weight excluding hydrogens is 284 g/mol. The molecule has 0 aromatic carbocycles. The van der Waals surface area contributed by atoms with Crippen LogP contribution in [0.2, 0.25) is 0 Å². The van der Waals surface area contributed by atoms with Gasteiger partial charge in [-0.3, -0.25) is 9.79 Å². The smallest absolute Gasteiger partial charge is 0.254 e. The number of methoxy groups -OCH3 is 1. The highest BCUT2D eigenvalue weighted by atomic mass is 16.5. The Morgan fingerprint density at radius 3 is 3.27 bits per heavy atom. The van der Waals surface area contributed by atoms with Crippen molar-refractivity contribution in [2.45, 2.75) is 6.54 Å². The average Bonchev–Trinajstić information content (AvgIpc) is 2.59. The molecule has 7 nitrogen and oxygen atoms in total. The third kappa shape index (κ3) is 3.03. The fourth-order valence-corrected chi connectivity index (χ4v) is 1.99. The number of nitrogens with one attached hydrogen (secondary N) is 1. The number of pyridine rings is 1. The summed E-state index contributed by atoms with van der Waals surface area (Å²) < 4.78 is 10.4. The highest BCUT2D eigenvalue weighted by Crippen LogP contribution is 2.15. The molecule has 1 aromatic rings. The minimum absolute atomic E-state index is 0.235. The van der Waals surface area contributed by atoms with Gasteiger partial charge in [-0.05, 0) is 17.7 Å². The Balaban J connectivity index is 1.64. The van der Waals surface area contributed by atoms with E-state index < -0.39 is 0 Å². The lowest BCUT2D eigenvalue weighted by molar-refractivity contribution is -0.117. The summed E-state index contributed by atoms with van der Waals surface area (Å²) in [5.41, 5.74) is 2.01. The van der Waals surface area contributed by atoms with E-state index in [1.807, 2.05) is 6.07 Å². The largest absolute Gasteiger partial charge is 0.481 e. The summed E-state index contributed by atoms with van der Waals surface area (Å²) in [6, 6.07) is 3.58. The number of hydrogen-bond acceptors (Lipinski definition) is 6. The van der Waals surface area contributed by atoms with E-state index in [9.17, 15) is 4.79 Å². The van der Waals surface area contributed by atoms with Crippen molar-refractivity contribution >= 4 is 18.0 Å². The number of nitrogens with zero attached hydrogens (tertiary/aromatic N) is 3. The zero-order valence-electron chi connectivity index (χ0n) is 11.9.